The van der Waals surface area contributed by atoms with Gasteiger partial charge in [0, 0.05) is 18.8 Å². The first kappa shape index (κ1) is 13.3. The molecular weight excluding hydrogens is 176 g/mol. The lowest BCUT2D eigenvalue weighted by molar-refractivity contribution is -0.128. The molecule has 0 aliphatic carbocycles. The molecule has 0 radical (unpaired) electrons. The number of hydrogen-bond acceptors (Lipinski definition) is 2. The Balaban J connectivity index is 4.10. The van der Waals surface area contributed by atoms with Gasteiger partial charge in [0.05, 0.1) is 0 Å². The molecule has 0 aromatic carbocycles. The molecule has 0 aliphatic rings. The predicted octanol–water partition coefficient (Wildman–Crippen LogP) is 3.00. The van der Waals surface area contributed by atoms with E-state index >= 15 is 0 Å². The highest BCUT2D eigenvalue weighted by Crippen LogP contribution is 2.17. The number of hydrogen-bond donors (Lipinski definition) is 0. The highest BCUT2D eigenvalue weighted by atomic mass is 16.1. The minimum Gasteiger partial charge on any atom is -0.300 e. The summed E-state index contributed by atoms with van der Waals surface area (Å²) in [5.41, 5.74) is 0. The minimum absolute atomic E-state index is 0.0403. The largest absolute Gasteiger partial charge is 0.300 e. The Morgan fingerprint density at radius 2 is 1.64 bits per heavy atom. The van der Waals surface area contributed by atoms with Crippen molar-refractivity contribution in [1.29, 1.82) is 0 Å². The van der Waals surface area contributed by atoms with Crippen molar-refractivity contribution in [2.45, 2.75) is 53.4 Å². The molecule has 2 atom stereocenters. The van der Waals surface area contributed by atoms with E-state index in [-0.39, 0.29) is 17.5 Å². The third-order valence-corrected chi connectivity index (χ3v) is 2.73. The van der Waals surface area contributed by atoms with Crippen molar-refractivity contribution in [3.05, 3.63) is 0 Å². The second-order valence-electron chi connectivity index (χ2n) is 4.20. The highest BCUT2D eigenvalue weighted by Gasteiger charge is 2.19. The molecule has 14 heavy (non-hydrogen) atoms. The quantitative estimate of drug-likeness (QED) is 0.630. The van der Waals surface area contributed by atoms with Gasteiger partial charge in [0.2, 0.25) is 0 Å². The van der Waals surface area contributed by atoms with Crippen molar-refractivity contribution < 1.29 is 9.59 Å². The zero-order valence-corrected chi connectivity index (χ0v) is 9.80. The normalized spacial score (nSPS) is 14.9. The molecule has 0 saturated heterocycles. The topological polar surface area (TPSA) is 34.1 Å². The monoisotopic (exact) mass is 198 g/mol. The van der Waals surface area contributed by atoms with Crippen LogP contribution in [0.1, 0.15) is 53.4 Å². The van der Waals surface area contributed by atoms with Crippen molar-refractivity contribution in [1.82, 2.24) is 0 Å². The second-order valence-corrected chi connectivity index (χ2v) is 4.20. The van der Waals surface area contributed by atoms with Crippen LogP contribution in [-0.4, -0.2) is 11.6 Å². The first-order valence-electron chi connectivity index (χ1n) is 5.53. The second kappa shape index (κ2) is 6.74. The average Bonchev–Trinajstić information content (AvgIpc) is 2.13. The summed E-state index contributed by atoms with van der Waals surface area (Å²) >= 11 is 0. The van der Waals surface area contributed by atoms with Crippen LogP contribution in [0.2, 0.25) is 0 Å². The van der Waals surface area contributed by atoms with E-state index in [2.05, 4.69) is 13.8 Å². The fraction of sp³-hybridized carbons (Fsp3) is 0.833. The van der Waals surface area contributed by atoms with Crippen LogP contribution in [-0.2, 0) is 9.59 Å². The van der Waals surface area contributed by atoms with Crippen LogP contribution in [0.3, 0.4) is 0 Å². The summed E-state index contributed by atoms with van der Waals surface area (Å²) in [6, 6.07) is 0. The summed E-state index contributed by atoms with van der Waals surface area (Å²) in [5, 5.41) is 0. The van der Waals surface area contributed by atoms with E-state index in [0.29, 0.717) is 18.8 Å². The molecule has 0 aliphatic heterocycles. The van der Waals surface area contributed by atoms with Gasteiger partial charge in [-0.1, -0.05) is 27.2 Å². The Bertz CT molecular complexity index is 196. The Kier molecular flexibility index (Phi) is 6.43. The van der Waals surface area contributed by atoms with Gasteiger partial charge >= 0.3 is 0 Å². The van der Waals surface area contributed by atoms with Gasteiger partial charge in [-0.05, 0) is 19.3 Å². The van der Waals surface area contributed by atoms with Gasteiger partial charge < -0.3 is 4.79 Å². The summed E-state index contributed by atoms with van der Waals surface area (Å²) < 4.78 is 0. The zero-order valence-electron chi connectivity index (χ0n) is 9.80. The van der Waals surface area contributed by atoms with Gasteiger partial charge in [0.1, 0.15) is 11.6 Å². The molecule has 0 aromatic heterocycles. The molecule has 0 saturated carbocycles. The van der Waals surface area contributed by atoms with Crippen LogP contribution in [0.25, 0.3) is 0 Å². The molecule has 0 fully saturated rings. The lowest BCUT2D eigenvalue weighted by Gasteiger charge is -2.14. The van der Waals surface area contributed by atoms with Crippen LogP contribution < -0.4 is 0 Å². The van der Waals surface area contributed by atoms with Crippen molar-refractivity contribution >= 4 is 11.6 Å². The van der Waals surface area contributed by atoms with Crippen LogP contribution >= 0.6 is 0 Å². The molecule has 0 bridgehead atoms. The van der Waals surface area contributed by atoms with E-state index in [1.54, 1.807) is 6.92 Å². The standard InChI is InChI=1S/C12H22O2/c1-5-9(3)7-12(14)11(6-2)8-10(4)13/h9,11H,5-8H2,1-4H3. The first-order valence-corrected chi connectivity index (χ1v) is 5.53. The van der Waals surface area contributed by atoms with Crippen molar-refractivity contribution in [2.75, 3.05) is 0 Å². The Hall–Kier alpha value is -0.660. The zero-order chi connectivity index (χ0) is 11.1. The molecular formula is C12H22O2. The van der Waals surface area contributed by atoms with E-state index in [1.165, 1.54) is 0 Å². The molecule has 0 amide bonds. The van der Waals surface area contributed by atoms with Gasteiger partial charge in [0.25, 0.3) is 0 Å². The smallest absolute Gasteiger partial charge is 0.136 e. The predicted molar refractivity (Wildman–Crippen MR) is 58.2 cm³/mol. The third kappa shape index (κ3) is 5.15. The number of carbonyl (C=O) groups excluding carboxylic acids is 2. The number of rotatable bonds is 7. The lowest BCUT2D eigenvalue weighted by Crippen LogP contribution is -2.18. The van der Waals surface area contributed by atoms with E-state index < -0.39 is 0 Å². The summed E-state index contributed by atoms with van der Waals surface area (Å²) in [7, 11) is 0. The Labute approximate surface area is 87.1 Å². The van der Waals surface area contributed by atoms with E-state index in [0.717, 1.165) is 12.8 Å². The molecule has 0 N–H and O–H groups in total. The van der Waals surface area contributed by atoms with Crippen LogP contribution in [0.4, 0.5) is 0 Å². The highest BCUT2D eigenvalue weighted by molar-refractivity contribution is 5.87. The minimum atomic E-state index is -0.0403. The van der Waals surface area contributed by atoms with Crippen LogP contribution in [0, 0.1) is 11.8 Å². The lowest BCUT2D eigenvalue weighted by atomic mass is 9.89. The van der Waals surface area contributed by atoms with Crippen molar-refractivity contribution in [2.24, 2.45) is 11.8 Å². The number of Topliss-reactive ketones (excluding diaryl/α,β-unsaturated/α-hetero) is 2. The first-order chi connectivity index (χ1) is 6.51. The SMILES string of the molecule is CCC(C)CC(=O)C(CC)CC(C)=O. The molecule has 0 rings (SSSR count). The van der Waals surface area contributed by atoms with Crippen LogP contribution in [0.15, 0.2) is 0 Å². The van der Waals surface area contributed by atoms with Crippen molar-refractivity contribution in [3.63, 3.8) is 0 Å². The summed E-state index contributed by atoms with van der Waals surface area (Å²) in [4.78, 5) is 22.6. The number of carbonyl (C=O) groups is 2. The maximum atomic E-state index is 11.7. The van der Waals surface area contributed by atoms with E-state index in [1.807, 2.05) is 6.92 Å². The van der Waals surface area contributed by atoms with Gasteiger partial charge in [0.15, 0.2) is 0 Å². The fourth-order valence-corrected chi connectivity index (χ4v) is 1.49. The Morgan fingerprint density at radius 3 is 2.00 bits per heavy atom. The maximum absolute atomic E-state index is 11.7. The average molecular weight is 198 g/mol. The van der Waals surface area contributed by atoms with Gasteiger partial charge in [-0.25, -0.2) is 0 Å². The van der Waals surface area contributed by atoms with Crippen molar-refractivity contribution in [3.8, 4) is 0 Å². The van der Waals surface area contributed by atoms with E-state index in [9.17, 15) is 9.59 Å². The third-order valence-electron chi connectivity index (χ3n) is 2.73. The summed E-state index contributed by atoms with van der Waals surface area (Å²) in [5.74, 6) is 0.788. The molecule has 0 heterocycles. The Morgan fingerprint density at radius 1 is 1.07 bits per heavy atom. The van der Waals surface area contributed by atoms with E-state index in [4.69, 9.17) is 0 Å². The molecule has 82 valence electrons. The summed E-state index contributed by atoms with van der Waals surface area (Å²) in [6.45, 7) is 7.70. The van der Waals surface area contributed by atoms with Gasteiger partial charge in [-0.15, -0.1) is 0 Å². The molecule has 0 spiro atoms. The molecule has 2 unspecified atom stereocenters. The molecule has 0 aromatic rings. The van der Waals surface area contributed by atoms with Crippen LogP contribution in [0.5, 0.6) is 0 Å². The fourth-order valence-electron chi connectivity index (χ4n) is 1.49. The van der Waals surface area contributed by atoms with Gasteiger partial charge in [-0.3, -0.25) is 4.79 Å². The van der Waals surface area contributed by atoms with Gasteiger partial charge in [-0.2, -0.15) is 0 Å². The molecule has 2 heteroatoms. The molecule has 2 nitrogen and oxygen atoms in total. The summed E-state index contributed by atoms with van der Waals surface area (Å²) in [6.07, 6.45) is 2.87. The number of ketones is 2. The maximum Gasteiger partial charge on any atom is 0.136 e.